The lowest BCUT2D eigenvalue weighted by molar-refractivity contribution is 0.389. The minimum atomic E-state index is -4.02. The molecular weight excluding hydrogens is 659 g/mol. The monoisotopic (exact) mass is 690 g/mol. The number of nitrogens with one attached hydrogen (secondary N) is 1. The Bertz CT molecular complexity index is 1800. The van der Waals surface area contributed by atoms with E-state index in [1.54, 1.807) is 24.4 Å². The molecule has 4 aromatic carbocycles. The third-order valence-corrected chi connectivity index (χ3v) is 9.92. The van der Waals surface area contributed by atoms with E-state index in [2.05, 4.69) is 82.3 Å². The summed E-state index contributed by atoms with van der Waals surface area (Å²) in [6, 6.07) is 25.3. The number of halogens is 1. The van der Waals surface area contributed by atoms with Crippen molar-refractivity contribution < 1.29 is 17.3 Å². The first-order valence-corrected chi connectivity index (χ1v) is 16.3. The molecule has 3 atom stereocenters. The number of rotatable bonds is 7. The summed E-state index contributed by atoms with van der Waals surface area (Å²) in [5.41, 5.74) is 7.68. The molecule has 6 nitrogen and oxygen atoms in total. The second-order valence-electron chi connectivity index (χ2n) is 10.8. The number of ether oxygens (including phenoxy) is 1. The fourth-order valence-electron chi connectivity index (χ4n) is 5.72. The number of methoxy groups -OCH3 is 1. The minimum Gasteiger partial charge on any atom is -0.493 e. The predicted molar refractivity (Wildman–Crippen MR) is 176 cm³/mol. The van der Waals surface area contributed by atoms with Gasteiger partial charge in [0.2, 0.25) is 0 Å². The molecule has 1 aliphatic heterocycles. The number of aliphatic imine (C=N–C) groups is 1. The Hall–Kier alpha value is -3.63. The van der Waals surface area contributed by atoms with Crippen molar-refractivity contribution in [2.24, 2.45) is 10.9 Å². The van der Waals surface area contributed by atoms with E-state index in [0.29, 0.717) is 21.2 Å². The molecule has 0 bridgehead atoms. The van der Waals surface area contributed by atoms with Crippen LogP contribution in [0.1, 0.15) is 46.2 Å². The highest BCUT2D eigenvalue weighted by molar-refractivity contribution is 14.1. The van der Waals surface area contributed by atoms with Crippen molar-refractivity contribution in [3.8, 4) is 11.5 Å². The van der Waals surface area contributed by atoms with Crippen LogP contribution in [-0.2, 0) is 10.1 Å². The van der Waals surface area contributed by atoms with Crippen molar-refractivity contribution >= 4 is 50.3 Å². The van der Waals surface area contributed by atoms with Crippen LogP contribution < -0.4 is 14.2 Å². The van der Waals surface area contributed by atoms with Crippen LogP contribution in [-0.4, -0.2) is 21.7 Å². The zero-order valence-electron chi connectivity index (χ0n) is 23.5. The first kappa shape index (κ1) is 28.5. The van der Waals surface area contributed by atoms with Gasteiger partial charge < -0.3 is 14.2 Å². The number of hydrogen-bond donors (Lipinski definition) is 1. The Kier molecular flexibility index (Phi) is 7.85. The molecule has 0 unspecified atom stereocenters. The van der Waals surface area contributed by atoms with Crippen LogP contribution in [0.4, 0.5) is 11.4 Å². The Balaban J connectivity index is 1.20. The maximum atomic E-state index is 12.9. The normalized spacial score (nSPS) is 19.3. The molecular formula is C34H31IN2O4S. The van der Waals surface area contributed by atoms with Crippen LogP contribution in [0.5, 0.6) is 11.5 Å². The second-order valence-corrected chi connectivity index (χ2v) is 13.5. The zero-order valence-corrected chi connectivity index (χ0v) is 26.5. The maximum Gasteiger partial charge on any atom is 0.339 e. The van der Waals surface area contributed by atoms with Crippen LogP contribution in [0, 0.1) is 23.3 Å². The molecule has 0 radical (unpaired) electrons. The van der Waals surface area contributed by atoms with E-state index in [1.807, 2.05) is 25.1 Å². The fraction of sp³-hybridized carbons (Fsp3) is 0.206. The number of allylic oxidation sites excluding steroid dienone is 2. The lowest BCUT2D eigenvalue weighted by Gasteiger charge is -2.37. The van der Waals surface area contributed by atoms with E-state index in [0.717, 1.165) is 23.2 Å². The highest BCUT2D eigenvalue weighted by Gasteiger charge is 2.37. The zero-order chi connectivity index (χ0) is 29.4. The van der Waals surface area contributed by atoms with Gasteiger partial charge in [-0.15, -0.1) is 0 Å². The Labute approximate surface area is 260 Å². The van der Waals surface area contributed by atoms with Gasteiger partial charge in [0.1, 0.15) is 4.90 Å². The molecule has 0 aromatic heterocycles. The third-order valence-electron chi connectivity index (χ3n) is 7.89. The molecule has 8 heteroatoms. The molecule has 0 saturated heterocycles. The molecule has 0 saturated carbocycles. The summed E-state index contributed by atoms with van der Waals surface area (Å²) in [5.74, 6) is 1.38. The minimum absolute atomic E-state index is 0.0856. The molecule has 4 aromatic rings. The maximum absolute atomic E-state index is 12.9. The topological polar surface area (TPSA) is 77.0 Å². The SMILES string of the molecule is COc1cc(C=Nc2ccc([C@@H]3Nc4ccc(C)cc4[C@@H]4C=CC[C@@H]43)cc2)cc(I)c1OS(=O)(=O)c1ccc(C)cc1. The molecule has 6 rings (SSSR count). The van der Waals surface area contributed by atoms with Crippen molar-refractivity contribution in [3.05, 3.63) is 122 Å². The molecule has 42 heavy (non-hydrogen) atoms. The fourth-order valence-corrected chi connectivity index (χ4v) is 7.56. The quantitative estimate of drug-likeness (QED) is 0.0915. The van der Waals surface area contributed by atoms with Crippen LogP contribution in [0.2, 0.25) is 0 Å². The largest absolute Gasteiger partial charge is 0.493 e. The van der Waals surface area contributed by atoms with Crippen molar-refractivity contribution in [2.45, 2.75) is 37.1 Å². The van der Waals surface area contributed by atoms with Gasteiger partial charge >= 0.3 is 10.1 Å². The van der Waals surface area contributed by atoms with Gasteiger partial charge in [0.25, 0.3) is 0 Å². The molecule has 0 fully saturated rings. The first-order valence-electron chi connectivity index (χ1n) is 13.8. The average Bonchev–Trinajstić information content (AvgIpc) is 3.48. The van der Waals surface area contributed by atoms with E-state index in [9.17, 15) is 8.42 Å². The highest BCUT2D eigenvalue weighted by Crippen LogP contribution is 2.50. The van der Waals surface area contributed by atoms with E-state index >= 15 is 0 Å². The Morgan fingerprint density at radius 2 is 1.69 bits per heavy atom. The summed E-state index contributed by atoms with van der Waals surface area (Å²) in [6.45, 7) is 4.04. The van der Waals surface area contributed by atoms with Gasteiger partial charge in [-0.3, -0.25) is 4.99 Å². The molecule has 1 aliphatic carbocycles. The smallest absolute Gasteiger partial charge is 0.339 e. The predicted octanol–water partition coefficient (Wildman–Crippen LogP) is 8.26. The van der Waals surface area contributed by atoms with E-state index in [4.69, 9.17) is 8.92 Å². The van der Waals surface area contributed by atoms with Gasteiger partial charge in [0, 0.05) is 17.8 Å². The summed E-state index contributed by atoms with van der Waals surface area (Å²) in [7, 11) is -2.53. The summed E-state index contributed by atoms with van der Waals surface area (Å²) in [6.07, 6.45) is 7.47. The average molecular weight is 691 g/mol. The van der Waals surface area contributed by atoms with E-state index in [1.165, 1.54) is 41.6 Å². The van der Waals surface area contributed by atoms with Crippen LogP contribution in [0.25, 0.3) is 0 Å². The van der Waals surface area contributed by atoms with E-state index in [-0.39, 0.29) is 16.7 Å². The van der Waals surface area contributed by atoms with Gasteiger partial charge in [-0.05, 0) is 108 Å². The third kappa shape index (κ3) is 5.70. The van der Waals surface area contributed by atoms with Gasteiger partial charge in [-0.1, -0.05) is 59.7 Å². The number of aryl methyl sites for hydroxylation is 2. The number of nitrogens with zero attached hydrogens (tertiary/aromatic N) is 1. The molecule has 0 spiro atoms. The molecule has 0 amide bonds. The molecule has 1 N–H and O–H groups in total. The van der Waals surface area contributed by atoms with Crippen LogP contribution in [0.15, 0.2) is 101 Å². The van der Waals surface area contributed by atoms with Gasteiger partial charge in [0.15, 0.2) is 11.5 Å². The molecule has 214 valence electrons. The van der Waals surface area contributed by atoms with Gasteiger partial charge in [0.05, 0.1) is 22.4 Å². The second kappa shape index (κ2) is 11.6. The Morgan fingerprint density at radius 3 is 2.43 bits per heavy atom. The van der Waals surface area contributed by atoms with Crippen molar-refractivity contribution in [3.63, 3.8) is 0 Å². The molecule has 1 heterocycles. The van der Waals surface area contributed by atoms with E-state index < -0.39 is 10.1 Å². The van der Waals surface area contributed by atoms with Crippen LogP contribution in [0.3, 0.4) is 0 Å². The number of benzene rings is 4. The van der Waals surface area contributed by atoms with Crippen molar-refractivity contribution in [1.29, 1.82) is 0 Å². The summed E-state index contributed by atoms with van der Waals surface area (Å²) >= 11 is 2.05. The number of anilines is 1. The first-order chi connectivity index (χ1) is 20.2. The lowest BCUT2D eigenvalue weighted by atomic mass is 9.76. The number of hydrogen-bond acceptors (Lipinski definition) is 6. The molecule has 2 aliphatic rings. The summed E-state index contributed by atoms with van der Waals surface area (Å²) < 4.78 is 37.4. The standard InChI is InChI=1S/C34H31IN2O4S/c1-21-7-14-26(15-8-21)42(38,39)41-34-30(35)18-23(19-32(34)40-3)20-36-25-12-10-24(11-13-25)33-28-6-4-5-27(28)29-17-22(2)9-16-31(29)37-33/h4-5,7-20,27-28,33,37H,6H2,1-3H3/t27-,28+,33+/m1/s1. The lowest BCUT2D eigenvalue weighted by Crippen LogP contribution is -2.29. The summed E-state index contributed by atoms with van der Waals surface area (Å²) in [5, 5.41) is 3.79. The van der Waals surface area contributed by atoms with Crippen LogP contribution >= 0.6 is 22.6 Å². The number of fused-ring (bicyclic) bond motifs is 3. The highest BCUT2D eigenvalue weighted by atomic mass is 127. The van der Waals surface area contributed by atoms with Crippen molar-refractivity contribution in [2.75, 3.05) is 12.4 Å². The Morgan fingerprint density at radius 1 is 0.952 bits per heavy atom. The van der Waals surface area contributed by atoms with Crippen molar-refractivity contribution in [1.82, 2.24) is 0 Å². The van der Waals surface area contributed by atoms with Gasteiger partial charge in [-0.2, -0.15) is 8.42 Å². The van der Waals surface area contributed by atoms with Gasteiger partial charge in [-0.25, -0.2) is 0 Å². The summed E-state index contributed by atoms with van der Waals surface area (Å²) in [4.78, 5) is 4.76.